The average molecular weight is 212 g/mol. The van der Waals surface area contributed by atoms with Crippen LogP contribution in [0.3, 0.4) is 0 Å². The topological polar surface area (TPSA) is 24.5 Å². The molecule has 88 valence electrons. The number of hydrogen-bond acceptors (Lipinski definition) is 3. The molecule has 0 aromatic rings. The fraction of sp³-hybridized carbons (Fsp3) is 1.00. The second-order valence-corrected chi connectivity index (χ2v) is 6.04. The lowest BCUT2D eigenvalue weighted by Crippen LogP contribution is -2.66. The van der Waals surface area contributed by atoms with E-state index in [-0.39, 0.29) is 11.1 Å². The molecule has 0 bridgehead atoms. The summed E-state index contributed by atoms with van der Waals surface area (Å²) in [6, 6.07) is 0.615. The first kappa shape index (κ1) is 11.4. The van der Waals surface area contributed by atoms with Crippen LogP contribution in [0.15, 0.2) is 0 Å². The van der Waals surface area contributed by atoms with E-state index >= 15 is 0 Å². The van der Waals surface area contributed by atoms with E-state index in [1.807, 2.05) is 0 Å². The van der Waals surface area contributed by atoms with Crippen molar-refractivity contribution in [2.24, 2.45) is 0 Å². The van der Waals surface area contributed by atoms with Gasteiger partial charge in [-0.2, -0.15) is 0 Å². The van der Waals surface area contributed by atoms with E-state index in [2.05, 4.69) is 37.9 Å². The van der Waals surface area contributed by atoms with Gasteiger partial charge < -0.3 is 10.1 Å². The largest absolute Gasteiger partial charge is 0.379 e. The fourth-order valence-corrected chi connectivity index (χ4v) is 2.78. The number of nitrogens with zero attached hydrogens (tertiary/aromatic N) is 1. The summed E-state index contributed by atoms with van der Waals surface area (Å²) in [6.45, 7) is 13.2. The van der Waals surface area contributed by atoms with Crippen LogP contribution in [0.1, 0.15) is 34.1 Å². The Morgan fingerprint density at radius 2 is 2.07 bits per heavy atom. The lowest BCUT2D eigenvalue weighted by atomic mass is 9.90. The van der Waals surface area contributed by atoms with Crippen molar-refractivity contribution >= 4 is 0 Å². The molecule has 15 heavy (non-hydrogen) atoms. The maximum atomic E-state index is 5.57. The summed E-state index contributed by atoms with van der Waals surface area (Å²) >= 11 is 0. The summed E-state index contributed by atoms with van der Waals surface area (Å²) in [5, 5.41) is 3.60. The van der Waals surface area contributed by atoms with Gasteiger partial charge >= 0.3 is 0 Å². The van der Waals surface area contributed by atoms with E-state index in [4.69, 9.17) is 4.74 Å². The highest BCUT2D eigenvalue weighted by atomic mass is 16.5. The number of piperazine rings is 1. The molecule has 1 N–H and O–H groups in total. The second-order valence-electron chi connectivity index (χ2n) is 6.04. The predicted octanol–water partition coefficient (Wildman–Crippen LogP) is 1.24. The first-order valence-corrected chi connectivity index (χ1v) is 6.03. The summed E-state index contributed by atoms with van der Waals surface area (Å²) in [5.74, 6) is 0. The Bertz CT molecular complexity index is 234. The van der Waals surface area contributed by atoms with Gasteiger partial charge in [0.25, 0.3) is 0 Å². The standard InChI is InChI=1S/C12H24N2O/c1-10-7-13-11(2,3)8-14(10)12(4)5-6-15-9-12/h10,13H,5-9H2,1-4H3. The molecule has 0 aromatic carbocycles. The van der Waals surface area contributed by atoms with Gasteiger partial charge in [-0.1, -0.05) is 0 Å². The number of nitrogens with one attached hydrogen (secondary N) is 1. The predicted molar refractivity (Wildman–Crippen MR) is 62.1 cm³/mol. The molecule has 2 unspecified atom stereocenters. The fourth-order valence-electron chi connectivity index (χ4n) is 2.78. The highest BCUT2D eigenvalue weighted by Gasteiger charge is 2.43. The van der Waals surface area contributed by atoms with Crippen LogP contribution in [0, 0.1) is 0 Å². The molecule has 0 amide bonds. The molecular weight excluding hydrogens is 188 g/mol. The van der Waals surface area contributed by atoms with Crippen LogP contribution in [0.5, 0.6) is 0 Å². The number of rotatable bonds is 1. The van der Waals surface area contributed by atoms with Crippen molar-refractivity contribution in [1.82, 2.24) is 10.2 Å². The van der Waals surface area contributed by atoms with Crippen LogP contribution in [0.25, 0.3) is 0 Å². The van der Waals surface area contributed by atoms with Gasteiger partial charge in [-0.15, -0.1) is 0 Å². The molecule has 2 aliphatic rings. The van der Waals surface area contributed by atoms with E-state index in [9.17, 15) is 0 Å². The quantitative estimate of drug-likeness (QED) is 0.708. The molecule has 2 fully saturated rings. The smallest absolute Gasteiger partial charge is 0.0648 e. The van der Waals surface area contributed by atoms with Crippen molar-refractivity contribution in [3.05, 3.63) is 0 Å². The van der Waals surface area contributed by atoms with Crippen molar-refractivity contribution in [2.75, 3.05) is 26.3 Å². The van der Waals surface area contributed by atoms with Crippen molar-refractivity contribution in [2.45, 2.75) is 51.2 Å². The van der Waals surface area contributed by atoms with Gasteiger partial charge in [-0.05, 0) is 34.1 Å². The molecule has 0 spiro atoms. The summed E-state index contributed by atoms with van der Waals surface area (Å²) < 4.78 is 5.57. The van der Waals surface area contributed by atoms with Crippen LogP contribution in [-0.2, 0) is 4.74 Å². The second kappa shape index (κ2) is 3.72. The molecular formula is C12H24N2O. The van der Waals surface area contributed by atoms with Crippen molar-refractivity contribution in [1.29, 1.82) is 0 Å². The zero-order valence-electron chi connectivity index (χ0n) is 10.5. The highest BCUT2D eigenvalue weighted by Crippen LogP contribution is 2.30. The Morgan fingerprint density at radius 1 is 1.33 bits per heavy atom. The monoisotopic (exact) mass is 212 g/mol. The lowest BCUT2D eigenvalue weighted by molar-refractivity contribution is 0.00118. The van der Waals surface area contributed by atoms with E-state index in [0.29, 0.717) is 6.04 Å². The third-order valence-electron chi connectivity index (χ3n) is 3.87. The van der Waals surface area contributed by atoms with E-state index in [0.717, 1.165) is 26.3 Å². The molecule has 2 atom stereocenters. The minimum Gasteiger partial charge on any atom is -0.379 e. The van der Waals surface area contributed by atoms with Gasteiger partial charge in [0, 0.05) is 36.8 Å². The van der Waals surface area contributed by atoms with Crippen molar-refractivity contribution in [3.8, 4) is 0 Å². The van der Waals surface area contributed by atoms with Gasteiger partial charge in [0.2, 0.25) is 0 Å². The van der Waals surface area contributed by atoms with Gasteiger partial charge in [0.05, 0.1) is 6.61 Å². The van der Waals surface area contributed by atoms with Gasteiger partial charge in [0.1, 0.15) is 0 Å². The van der Waals surface area contributed by atoms with Crippen LogP contribution in [0.2, 0.25) is 0 Å². The Kier molecular flexibility index (Phi) is 2.82. The van der Waals surface area contributed by atoms with E-state index < -0.39 is 0 Å². The molecule has 0 aliphatic carbocycles. The third-order valence-corrected chi connectivity index (χ3v) is 3.87. The molecule has 0 aromatic heterocycles. The average Bonchev–Trinajstić information content (AvgIpc) is 2.58. The summed E-state index contributed by atoms with van der Waals surface area (Å²) in [4.78, 5) is 2.64. The van der Waals surface area contributed by atoms with Crippen molar-refractivity contribution in [3.63, 3.8) is 0 Å². The molecule has 0 radical (unpaired) electrons. The van der Waals surface area contributed by atoms with Gasteiger partial charge in [0.15, 0.2) is 0 Å². The molecule has 0 saturated carbocycles. The first-order valence-electron chi connectivity index (χ1n) is 6.03. The summed E-state index contributed by atoms with van der Waals surface area (Å²) in [5.41, 5.74) is 0.497. The Balaban J connectivity index is 2.11. The normalized spacial score (nSPS) is 42.0. The third kappa shape index (κ3) is 2.19. The van der Waals surface area contributed by atoms with E-state index in [1.165, 1.54) is 6.42 Å². The molecule has 2 saturated heterocycles. The molecule has 3 nitrogen and oxygen atoms in total. The molecule has 2 aliphatic heterocycles. The number of hydrogen-bond donors (Lipinski definition) is 1. The lowest BCUT2D eigenvalue weighted by Gasteiger charge is -2.50. The van der Waals surface area contributed by atoms with Crippen LogP contribution < -0.4 is 5.32 Å². The molecule has 2 rings (SSSR count). The van der Waals surface area contributed by atoms with Gasteiger partial charge in [-0.25, -0.2) is 0 Å². The van der Waals surface area contributed by atoms with Crippen LogP contribution in [-0.4, -0.2) is 48.3 Å². The summed E-state index contributed by atoms with van der Waals surface area (Å²) in [7, 11) is 0. The van der Waals surface area contributed by atoms with Gasteiger partial charge in [-0.3, -0.25) is 4.90 Å². The zero-order chi connectivity index (χ0) is 11.1. The molecule has 3 heteroatoms. The Labute approximate surface area is 93.2 Å². The maximum absolute atomic E-state index is 5.57. The van der Waals surface area contributed by atoms with Crippen LogP contribution in [0.4, 0.5) is 0 Å². The molecule has 2 heterocycles. The maximum Gasteiger partial charge on any atom is 0.0648 e. The first-order chi connectivity index (χ1) is 6.93. The Hall–Kier alpha value is -0.120. The minimum atomic E-state index is 0.234. The highest BCUT2D eigenvalue weighted by molar-refractivity contribution is 5.00. The number of ether oxygens (including phenoxy) is 1. The zero-order valence-corrected chi connectivity index (χ0v) is 10.5. The van der Waals surface area contributed by atoms with E-state index in [1.54, 1.807) is 0 Å². The van der Waals surface area contributed by atoms with Crippen molar-refractivity contribution < 1.29 is 4.74 Å². The Morgan fingerprint density at radius 3 is 2.67 bits per heavy atom. The minimum absolute atomic E-state index is 0.234. The van der Waals surface area contributed by atoms with Crippen LogP contribution >= 0.6 is 0 Å². The summed E-state index contributed by atoms with van der Waals surface area (Å²) in [6.07, 6.45) is 1.17. The SMILES string of the molecule is CC1CNC(C)(C)CN1C1(C)CCOC1.